The normalized spacial score (nSPS) is 16.5. The van der Waals surface area contributed by atoms with Gasteiger partial charge in [0, 0.05) is 46.3 Å². The monoisotopic (exact) mass is 334 g/mol. The average Bonchev–Trinajstić information content (AvgIpc) is 2.99. The summed E-state index contributed by atoms with van der Waals surface area (Å²) < 4.78 is 4.59. The Morgan fingerprint density at radius 3 is 2.21 bits per heavy atom. The maximum absolute atomic E-state index is 12.7. The van der Waals surface area contributed by atoms with Crippen molar-refractivity contribution in [2.45, 2.75) is 26.8 Å². The molecular formula is C16H26N6O2. The second kappa shape index (κ2) is 6.08. The molecule has 0 unspecified atom stereocenters. The number of likely N-dealkylation sites (N-methyl/N-ethyl adjacent to an activating group) is 1. The summed E-state index contributed by atoms with van der Waals surface area (Å²) in [5, 5.41) is 0. The van der Waals surface area contributed by atoms with Crippen LogP contribution in [0.3, 0.4) is 0 Å². The third kappa shape index (κ3) is 2.45. The largest absolute Gasteiger partial charge is 0.340 e. The Bertz CT molecular complexity index is 867. The van der Waals surface area contributed by atoms with Crippen molar-refractivity contribution in [3.63, 3.8) is 0 Å². The highest BCUT2D eigenvalue weighted by Crippen LogP contribution is 2.25. The lowest BCUT2D eigenvalue weighted by atomic mass is 10.3. The van der Waals surface area contributed by atoms with E-state index >= 15 is 0 Å². The first-order valence-corrected chi connectivity index (χ1v) is 8.52. The van der Waals surface area contributed by atoms with E-state index < -0.39 is 0 Å². The number of rotatable bonds is 3. The van der Waals surface area contributed by atoms with Gasteiger partial charge in [-0.05, 0) is 20.4 Å². The van der Waals surface area contributed by atoms with Crippen LogP contribution < -0.4 is 16.1 Å². The summed E-state index contributed by atoms with van der Waals surface area (Å²) >= 11 is 0. The fourth-order valence-electron chi connectivity index (χ4n) is 3.38. The van der Waals surface area contributed by atoms with Crippen LogP contribution >= 0.6 is 0 Å². The summed E-state index contributed by atoms with van der Waals surface area (Å²) in [5.41, 5.74) is 0.336. The SMILES string of the molecule is CCN1CCN(c2nc3c(c(=O)n(C)c(=O)n3C)n2C(C)C)CC1. The molecule has 8 heteroatoms. The van der Waals surface area contributed by atoms with Gasteiger partial charge in [-0.3, -0.25) is 13.9 Å². The van der Waals surface area contributed by atoms with E-state index in [9.17, 15) is 9.59 Å². The number of aryl methyl sites for hydroxylation is 1. The highest BCUT2D eigenvalue weighted by molar-refractivity contribution is 5.74. The molecule has 0 radical (unpaired) electrons. The molecule has 3 heterocycles. The molecule has 3 rings (SSSR count). The van der Waals surface area contributed by atoms with Gasteiger partial charge in [0.15, 0.2) is 11.2 Å². The number of aromatic nitrogens is 4. The highest BCUT2D eigenvalue weighted by Gasteiger charge is 2.26. The average molecular weight is 334 g/mol. The Labute approximate surface area is 140 Å². The third-order valence-corrected chi connectivity index (χ3v) is 4.89. The van der Waals surface area contributed by atoms with Crippen molar-refractivity contribution in [2.24, 2.45) is 14.1 Å². The van der Waals surface area contributed by atoms with Crippen LogP contribution in [0.5, 0.6) is 0 Å². The third-order valence-electron chi connectivity index (χ3n) is 4.89. The van der Waals surface area contributed by atoms with Gasteiger partial charge < -0.3 is 14.4 Å². The molecule has 24 heavy (non-hydrogen) atoms. The van der Waals surface area contributed by atoms with E-state index in [1.165, 1.54) is 11.6 Å². The quantitative estimate of drug-likeness (QED) is 0.800. The maximum atomic E-state index is 12.7. The van der Waals surface area contributed by atoms with Gasteiger partial charge in [0.2, 0.25) is 5.95 Å². The molecule has 1 fully saturated rings. The van der Waals surface area contributed by atoms with Crippen molar-refractivity contribution in [1.29, 1.82) is 0 Å². The molecule has 0 N–H and O–H groups in total. The van der Waals surface area contributed by atoms with Crippen molar-refractivity contribution < 1.29 is 0 Å². The second-order valence-electron chi connectivity index (χ2n) is 6.67. The van der Waals surface area contributed by atoms with Gasteiger partial charge in [-0.2, -0.15) is 4.98 Å². The molecule has 132 valence electrons. The van der Waals surface area contributed by atoms with Crippen LogP contribution in [0, 0.1) is 0 Å². The van der Waals surface area contributed by atoms with Crippen molar-refractivity contribution in [1.82, 2.24) is 23.6 Å². The van der Waals surface area contributed by atoms with Crippen LogP contribution in [0.1, 0.15) is 26.8 Å². The zero-order valence-corrected chi connectivity index (χ0v) is 15.1. The Morgan fingerprint density at radius 2 is 1.67 bits per heavy atom. The molecule has 0 spiro atoms. The van der Waals surface area contributed by atoms with Gasteiger partial charge >= 0.3 is 5.69 Å². The number of imidazole rings is 1. The molecule has 2 aromatic rings. The number of nitrogens with zero attached hydrogens (tertiary/aromatic N) is 6. The Hall–Kier alpha value is -2.09. The van der Waals surface area contributed by atoms with E-state index in [0.29, 0.717) is 11.2 Å². The van der Waals surface area contributed by atoms with Crippen LogP contribution in [0.25, 0.3) is 11.2 Å². The van der Waals surface area contributed by atoms with E-state index in [1.807, 2.05) is 18.4 Å². The van der Waals surface area contributed by atoms with Crippen molar-refractivity contribution in [2.75, 3.05) is 37.6 Å². The standard InChI is InChI=1S/C16H26N6O2/c1-6-20-7-9-21(10-8-20)15-17-13-12(22(15)11(2)3)14(23)19(5)16(24)18(13)4/h11H,6-10H2,1-5H3. The van der Waals surface area contributed by atoms with Crippen LogP contribution in [-0.2, 0) is 14.1 Å². The Kier molecular flexibility index (Phi) is 4.25. The summed E-state index contributed by atoms with van der Waals surface area (Å²) in [6, 6.07) is 0.0828. The maximum Gasteiger partial charge on any atom is 0.332 e. The molecule has 0 amide bonds. The van der Waals surface area contributed by atoms with Crippen LogP contribution in [0.15, 0.2) is 9.59 Å². The summed E-state index contributed by atoms with van der Waals surface area (Å²) in [7, 11) is 3.18. The minimum absolute atomic E-state index is 0.0828. The van der Waals surface area contributed by atoms with Gasteiger partial charge in [-0.25, -0.2) is 4.79 Å². The Balaban J connectivity index is 2.21. The number of anilines is 1. The molecule has 0 aliphatic carbocycles. The smallest absolute Gasteiger partial charge is 0.332 e. The van der Waals surface area contributed by atoms with E-state index in [2.05, 4.69) is 16.7 Å². The highest BCUT2D eigenvalue weighted by atomic mass is 16.2. The number of hydrogen-bond donors (Lipinski definition) is 0. The summed E-state index contributed by atoms with van der Waals surface area (Å²) in [6.07, 6.45) is 0. The zero-order valence-electron chi connectivity index (χ0n) is 15.1. The zero-order chi connectivity index (χ0) is 17.6. The predicted molar refractivity (Wildman–Crippen MR) is 94.9 cm³/mol. The van der Waals surface area contributed by atoms with Crippen molar-refractivity contribution >= 4 is 17.1 Å². The minimum atomic E-state index is -0.344. The number of fused-ring (bicyclic) bond motifs is 1. The van der Waals surface area contributed by atoms with Crippen LogP contribution in [0.4, 0.5) is 5.95 Å². The molecule has 2 aromatic heterocycles. The van der Waals surface area contributed by atoms with Gasteiger partial charge in [0.05, 0.1) is 0 Å². The molecule has 0 bridgehead atoms. The van der Waals surface area contributed by atoms with Gasteiger partial charge in [0.1, 0.15) is 0 Å². The number of piperazine rings is 1. The lowest BCUT2D eigenvalue weighted by Crippen LogP contribution is -2.47. The molecule has 1 aliphatic heterocycles. The fraction of sp³-hybridized carbons (Fsp3) is 0.688. The summed E-state index contributed by atoms with van der Waals surface area (Å²) in [5.74, 6) is 0.786. The summed E-state index contributed by atoms with van der Waals surface area (Å²) in [6.45, 7) is 11.0. The second-order valence-corrected chi connectivity index (χ2v) is 6.67. The number of hydrogen-bond acceptors (Lipinski definition) is 5. The lowest BCUT2D eigenvalue weighted by molar-refractivity contribution is 0.269. The van der Waals surface area contributed by atoms with Crippen molar-refractivity contribution in [3.05, 3.63) is 20.8 Å². The minimum Gasteiger partial charge on any atom is -0.340 e. The first-order valence-electron chi connectivity index (χ1n) is 8.52. The molecule has 0 saturated carbocycles. The molecule has 0 atom stereocenters. The first kappa shape index (κ1) is 16.8. The molecule has 8 nitrogen and oxygen atoms in total. The molecule has 1 saturated heterocycles. The topological polar surface area (TPSA) is 68.3 Å². The van der Waals surface area contributed by atoms with Gasteiger partial charge in [0.25, 0.3) is 5.56 Å². The van der Waals surface area contributed by atoms with E-state index in [4.69, 9.17) is 4.98 Å². The van der Waals surface area contributed by atoms with Gasteiger partial charge in [-0.15, -0.1) is 0 Å². The lowest BCUT2D eigenvalue weighted by Gasteiger charge is -2.35. The first-order chi connectivity index (χ1) is 11.4. The Morgan fingerprint density at radius 1 is 1.04 bits per heavy atom. The van der Waals surface area contributed by atoms with Crippen molar-refractivity contribution in [3.8, 4) is 0 Å². The van der Waals surface area contributed by atoms with Crippen LogP contribution in [0.2, 0.25) is 0 Å². The molecule has 0 aromatic carbocycles. The molecule has 1 aliphatic rings. The van der Waals surface area contributed by atoms with E-state index in [-0.39, 0.29) is 17.3 Å². The van der Waals surface area contributed by atoms with Gasteiger partial charge in [-0.1, -0.05) is 6.92 Å². The summed E-state index contributed by atoms with van der Waals surface area (Å²) in [4.78, 5) is 34.2. The fourth-order valence-corrected chi connectivity index (χ4v) is 3.38. The van der Waals surface area contributed by atoms with E-state index in [1.54, 1.807) is 7.05 Å². The van der Waals surface area contributed by atoms with Crippen LogP contribution in [-0.4, -0.2) is 56.3 Å². The van der Waals surface area contributed by atoms with E-state index in [0.717, 1.165) is 43.2 Å². The molecular weight excluding hydrogens is 308 g/mol. The predicted octanol–water partition coefficient (Wildman–Crippen LogP) is 0.157.